The lowest BCUT2D eigenvalue weighted by Gasteiger charge is -2.09. The Bertz CT molecular complexity index is 503. The van der Waals surface area contributed by atoms with E-state index < -0.39 is 0 Å². The number of nitrogens with zero attached hydrogens (tertiary/aromatic N) is 1. The van der Waals surface area contributed by atoms with Gasteiger partial charge in [0.2, 0.25) is 0 Å². The first-order valence-electron chi connectivity index (χ1n) is 4.63. The van der Waals surface area contributed by atoms with Crippen molar-refractivity contribution >= 4 is 26.8 Å². The van der Waals surface area contributed by atoms with Gasteiger partial charge in [-0.25, -0.2) is 0 Å². The van der Waals surface area contributed by atoms with Crippen LogP contribution in [0.15, 0.2) is 22.7 Å². The Labute approximate surface area is 92.3 Å². The van der Waals surface area contributed by atoms with E-state index >= 15 is 0 Å². The van der Waals surface area contributed by atoms with Crippen LogP contribution in [0.4, 0.5) is 0 Å². The number of fused-ring (bicyclic) bond motifs is 1. The lowest BCUT2D eigenvalue weighted by atomic mass is 10.0. The number of aryl methyl sites for hydroxylation is 2. The topological polar surface area (TPSA) is 12.9 Å². The van der Waals surface area contributed by atoms with Crippen molar-refractivity contribution in [3.63, 3.8) is 0 Å². The molecule has 0 N–H and O–H groups in total. The molecular weight excluding hydrogens is 238 g/mol. The van der Waals surface area contributed by atoms with Crippen LogP contribution >= 0.6 is 15.9 Å². The molecule has 0 spiro atoms. The van der Waals surface area contributed by atoms with E-state index in [4.69, 9.17) is 0 Å². The highest BCUT2D eigenvalue weighted by Crippen LogP contribution is 2.28. The second-order valence-electron chi connectivity index (χ2n) is 3.58. The van der Waals surface area contributed by atoms with Crippen molar-refractivity contribution in [2.24, 2.45) is 0 Å². The van der Waals surface area contributed by atoms with E-state index in [2.05, 4.69) is 53.8 Å². The second-order valence-corrected chi connectivity index (χ2v) is 4.44. The third-order valence-corrected chi connectivity index (χ3v) is 3.42. The lowest BCUT2D eigenvalue weighted by Crippen LogP contribution is -1.93. The predicted octanol–water partition coefficient (Wildman–Crippen LogP) is 3.92. The van der Waals surface area contributed by atoms with E-state index in [-0.39, 0.29) is 0 Å². The van der Waals surface area contributed by atoms with Gasteiger partial charge in [-0.05, 0) is 44.0 Å². The minimum atomic E-state index is 1.07. The van der Waals surface area contributed by atoms with Crippen LogP contribution in [-0.4, -0.2) is 4.98 Å². The van der Waals surface area contributed by atoms with Crippen LogP contribution in [-0.2, 0) is 0 Å². The zero-order chi connectivity index (χ0) is 10.3. The molecule has 0 unspecified atom stereocenters. The van der Waals surface area contributed by atoms with Crippen molar-refractivity contribution in [2.75, 3.05) is 0 Å². The van der Waals surface area contributed by atoms with Crippen molar-refractivity contribution < 1.29 is 0 Å². The van der Waals surface area contributed by atoms with Crippen molar-refractivity contribution in [1.29, 1.82) is 0 Å². The van der Waals surface area contributed by atoms with Gasteiger partial charge in [0.25, 0.3) is 0 Å². The number of pyridine rings is 1. The molecule has 0 saturated heterocycles. The zero-order valence-corrected chi connectivity index (χ0v) is 10.1. The summed E-state index contributed by atoms with van der Waals surface area (Å²) in [5.74, 6) is 0. The molecule has 2 heteroatoms. The number of benzene rings is 1. The van der Waals surface area contributed by atoms with Crippen LogP contribution in [0.5, 0.6) is 0 Å². The van der Waals surface area contributed by atoms with Crippen LogP contribution in [0.2, 0.25) is 0 Å². The quantitative estimate of drug-likeness (QED) is 0.690. The molecule has 1 nitrogen and oxygen atoms in total. The van der Waals surface area contributed by atoms with Gasteiger partial charge >= 0.3 is 0 Å². The van der Waals surface area contributed by atoms with Crippen LogP contribution in [0.3, 0.4) is 0 Å². The Balaban J connectivity index is 2.99. The first-order chi connectivity index (χ1) is 6.61. The summed E-state index contributed by atoms with van der Waals surface area (Å²) in [7, 11) is 0. The summed E-state index contributed by atoms with van der Waals surface area (Å²) < 4.78 is 1.13. The molecule has 0 amide bonds. The fourth-order valence-electron chi connectivity index (χ4n) is 1.70. The summed E-state index contributed by atoms with van der Waals surface area (Å²) in [6.45, 7) is 6.33. The van der Waals surface area contributed by atoms with E-state index in [0.29, 0.717) is 0 Å². The second kappa shape index (κ2) is 3.35. The van der Waals surface area contributed by atoms with Crippen LogP contribution < -0.4 is 0 Å². The monoisotopic (exact) mass is 249 g/mol. The average molecular weight is 250 g/mol. The molecule has 0 aliphatic rings. The largest absolute Gasteiger partial charge is 0.253 e. The minimum absolute atomic E-state index is 1.07. The zero-order valence-electron chi connectivity index (χ0n) is 8.56. The maximum absolute atomic E-state index is 4.57. The van der Waals surface area contributed by atoms with Gasteiger partial charge in [0.1, 0.15) is 0 Å². The van der Waals surface area contributed by atoms with Crippen molar-refractivity contribution in [3.8, 4) is 0 Å². The number of hydrogen-bond acceptors (Lipinski definition) is 1. The first kappa shape index (κ1) is 9.66. The molecule has 2 rings (SSSR count). The highest BCUT2D eigenvalue weighted by Gasteiger charge is 2.07. The summed E-state index contributed by atoms with van der Waals surface area (Å²) in [6.07, 6.45) is 0. The molecule has 0 radical (unpaired) electrons. The molecule has 1 aromatic heterocycles. The average Bonchev–Trinajstić information content (AvgIpc) is 2.14. The van der Waals surface area contributed by atoms with E-state index in [1.54, 1.807) is 0 Å². The standard InChI is InChI=1S/C12H12BrN/c1-7-8(2)12-10(13)5-4-6-11(12)14-9(7)3/h4-6H,1-3H3. The minimum Gasteiger partial charge on any atom is -0.253 e. The molecule has 0 saturated carbocycles. The molecule has 1 aromatic carbocycles. The van der Waals surface area contributed by atoms with Gasteiger partial charge in [0.05, 0.1) is 5.52 Å². The van der Waals surface area contributed by atoms with Gasteiger partial charge < -0.3 is 0 Å². The van der Waals surface area contributed by atoms with E-state index in [0.717, 1.165) is 15.7 Å². The van der Waals surface area contributed by atoms with Crippen LogP contribution in [0, 0.1) is 20.8 Å². The maximum atomic E-state index is 4.57. The predicted molar refractivity (Wildman–Crippen MR) is 63.7 cm³/mol. The normalized spacial score (nSPS) is 10.9. The summed E-state index contributed by atoms with van der Waals surface area (Å²) in [5, 5.41) is 1.23. The smallest absolute Gasteiger partial charge is 0.0719 e. The van der Waals surface area contributed by atoms with E-state index in [1.807, 2.05) is 6.07 Å². The molecule has 0 bridgehead atoms. The van der Waals surface area contributed by atoms with E-state index in [9.17, 15) is 0 Å². The maximum Gasteiger partial charge on any atom is 0.0719 e. The Morgan fingerprint density at radius 3 is 2.50 bits per heavy atom. The first-order valence-corrected chi connectivity index (χ1v) is 5.42. The lowest BCUT2D eigenvalue weighted by molar-refractivity contribution is 1.17. The summed E-state index contributed by atoms with van der Waals surface area (Å²) in [5.41, 5.74) is 4.79. The third-order valence-electron chi connectivity index (χ3n) is 2.76. The highest BCUT2D eigenvalue weighted by atomic mass is 79.9. The van der Waals surface area contributed by atoms with Gasteiger partial charge in [-0.3, -0.25) is 4.98 Å². The number of aromatic nitrogens is 1. The molecule has 2 aromatic rings. The van der Waals surface area contributed by atoms with Crippen LogP contribution in [0.25, 0.3) is 10.9 Å². The van der Waals surface area contributed by atoms with Crippen molar-refractivity contribution in [2.45, 2.75) is 20.8 Å². The SMILES string of the molecule is Cc1nc2cccc(Br)c2c(C)c1C. The van der Waals surface area contributed by atoms with Gasteiger partial charge in [-0.2, -0.15) is 0 Å². The Morgan fingerprint density at radius 1 is 1.07 bits per heavy atom. The molecule has 14 heavy (non-hydrogen) atoms. The summed E-state index contributed by atoms with van der Waals surface area (Å²) in [6, 6.07) is 6.14. The van der Waals surface area contributed by atoms with Crippen molar-refractivity contribution in [3.05, 3.63) is 39.5 Å². The number of halogens is 1. The molecule has 0 aliphatic heterocycles. The Hall–Kier alpha value is -0.890. The van der Waals surface area contributed by atoms with Crippen LogP contribution in [0.1, 0.15) is 16.8 Å². The van der Waals surface area contributed by atoms with Gasteiger partial charge in [-0.1, -0.05) is 22.0 Å². The molecule has 0 fully saturated rings. The molecule has 0 atom stereocenters. The molecule has 0 aliphatic carbocycles. The fourth-order valence-corrected chi connectivity index (χ4v) is 2.35. The van der Waals surface area contributed by atoms with Gasteiger partial charge in [0.15, 0.2) is 0 Å². The Morgan fingerprint density at radius 2 is 1.79 bits per heavy atom. The van der Waals surface area contributed by atoms with Gasteiger partial charge in [-0.15, -0.1) is 0 Å². The molecule has 1 heterocycles. The Kier molecular flexibility index (Phi) is 2.31. The highest BCUT2D eigenvalue weighted by molar-refractivity contribution is 9.10. The molecule has 72 valence electrons. The summed E-state index contributed by atoms with van der Waals surface area (Å²) >= 11 is 3.57. The fraction of sp³-hybridized carbons (Fsp3) is 0.250. The molecular formula is C12H12BrN. The number of hydrogen-bond donors (Lipinski definition) is 0. The third kappa shape index (κ3) is 1.34. The van der Waals surface area contributed by atoms with Gasteiger partial charge in [0, 0.05) is 15.6 Å². The summed E-state index contributed by atoms with van der Waals surface area (Å²) in [4.78, 5) is 4.57. The van der Waals surface area contributed by atoms with E-state index in [1.165, 1.54) is 16.5 Å². The van der Waals surface area contributed by atoms with Crippen molar-refractivity contribution in [1.82, 2.24) is 4.98 Å². The number of rotatable bonds is 0.